The highest BCUT2D eigenvalue weighted by Crippen LogP contribution is 2.20. The second-order valence-corrected chi connectivity index (χ2v) is 5.88. The first-order chi connectivity index (χ1) is 9.20. The molecule has 0 saturated heterocycles. The van der Waals surface area contributed by atoms with Crippen molar-refractivity contribution in [3.05, 3.63) is 62.8 Å². The number of nitrogens with one attached hydrogen (secondary N) is 1. The van der Waals surface area contributed by atoms with E-state index in [1.54, 1.807) is 6.20 Å². The van der Waals surface area contributed by atoms with E-state index < -0.39 is 0 Å². The maximum Gasteiger partial charge on any atom is 0.0684 e. The van der Waals surface area contributed by atoms with Gasteiger partial charge in [0.05, 0.1) is 18.3 Å². The van der Waals surface area contributed by atoms with Crippen LogP contribution in [0.2, 0.25) is 0 Å². The van der Waals surface area contributed by atoms with E-state index in [0.717, 1.165) is 20.2 Å². The van der Waals surface area contributed by atoms with Gasteiger partial charge in [-0.05, 0) is 43.5 Å². The first kappa shape index (κ1) is 14.7. The van der Waals surface area contributed by atoms with E-state index in [9.17, 15) is 5.11 Å². The monoisotopic (exact) mass is 384 g/mol. The van der Waals surface area contributed by atoms with E-state index in [2.05, 4.69) is 42.2 Å². The van der Waals surface area contributed by atoms with Crippen LogP contribution in [0.15, 0.2) is 51.5 Å². The Bertz CT molecular complexity index is 534. The van der Waals surface area contributed by atoms with Gasteiger partial charge in [-0.25, -0.2) is 0 Å². The number of hydrogen-bond donors (Lipinski definition) is 2. The number of hydrogen-bond acceptors (Lipinski definition) is 3. The average Bonchev–Trinajstić information content (AvgIpc) is 2.43. The Morgan fingerprint density at radius 2 is 1.95 bits per heavy atom. The predicted molar refractivity (Wildman–Crippen MR) is 82.7 cm³/mol. The Morgan fingerprint density at radius 3 is 2.58 bits per heavy atom. The topological polar surface area (TPSA) is 45.1 Å². The minimum absolute atomic E-state index is 0.0537. The van der Waals surface area contributed by atoms with Crippen LogP contribution in [0.5, 0.6) is 0 Å². The van der Waals surface area contributed by atoms with Crippen molar-refractivity contribution in [2.24, 2.45) is 0 Å². The summed E-state index contributed by atoms with van der Waals surface area (Å²) in [4.78, 5) is 4.34. The van der Waals surface area contributed by atoms with Crippen LogP contribution in [-0.4, -0.2) is 16.7 Å². The summed E-state index contributed by atoms with van der Waals surface area (Å²) in [6, 6.07) is 11.8. The fraction of sp³-hybridized carbons (Fsp3) is 0.214. The summed E-state index contributed by atoms with van der Waals surface area (Å²) in [7, 11) is 0. The molecule has 0 spiro atoms. The van der Waals surface area contributed by atoms with E-state index in [1.165, 1.54) is 0 Å². The van der Waals surface area contributed by atoms with Crippen LogP contribution >= 0.6 is 31.9 Å². The number of rotatable bonds is 5. The van der Waals surface area contributed by atoms with E-state index in [0.29, 0.717) is 6.54 Å². The summed E-state index contributed by atoms with van der Waals surface area (Å²) in [6.07, 6.45) is 1.76. The predicted octanol–water partition coefficient (Wildman–Crippen LogP) is 3.43. The van der Waals surface area contributed by atoms with Crippen molar-refractivity contribution in [1.29, 1.82) is 0 Å². The van der Waals surface area contributed by atoms with Crippen molar-refractivity contribution < 1.29 is 5.11 Å². The lowest BCUT2D eigenvalue weighted by atomic mass is 10.1. The molecular formula is C14H14Br2N2O. The van der Waals surface area contributed by atoms with Gasteiger partial charge < -0.3 is 10.4 Å². The molecule has 1 heterocycles. The van der Waals surface area contributed by atoms with Gasteiger partial charge in [-0.1, -0.05) is 30.3 Å². The minimum atomic E-state index is -0.0847. The quantitative estimate of drug-likeness (QED) is 0.828. The largest absolute Gasteiger partial charge is 0.394 e. The first-order valence-electron chi connectivity index (χ1n) is 5.90. The molecule has 1 aromatic carbocycles. The average molecular weight is 386 g/mol. The SMILES string of the molecule is OC[C@H](NCc1ncc(Br)cc1Br)c1ccccc1. The summed E-state index contributed by atoms with van der Waals surface area (Å²) in [5, 5.41) is 12.8. The van der Waals surface area contributed by atoms with Crippen molar-refractivity contribution in [3.63, 3.8) is 0 Å². The smallest absolute Gasteiger partial charge is 0.0684 e. The molecule has 0 aliphatic heterocycles. The lowest BCUT2D eigenvalue weighted by Crippen LogP contribution is -2.24. The maximum absolute atomic E-state index is 9.47. The Hall–Kier alpha value is -0.750. The third-order valence-corrected chi connectivity index (χ3v) is 3.90. The number of benzene rings is 1. The fourth-order valence-corrected chi connectivity index (χ4v) is 2.89. The van der Waals surface area contributed by atoms with Gasteiger partial charge in [0.2, 0.25) is 0 Å². The molecule has 2 N–H and O–H groups in total. The van der Waals surface area contributed by atoms with E-state index in [1.807, 2.05) is 36.4 Å². The summed E-state index contributed by atoms with van der Waals surface area (Å²) in [6.45, 7) is 0.645. The third kappa shape index (κ3) is 4.11. The van der Waals surface area contributed by atoms with Crippen LogP contribution in [0.3, 0.4) is 0 Å². The second kappa shape index (κ2) is 7.14. The summed E-state index contributed by atoms with van der Waals surface area (Å²) >= 11 is 6.85. The molecule has 0 aliphatic carbocycles. The van der Waals surface area contributed by atoms with Gasteiger partial charge in [0.1, 0.15) is 0 Å². The molecule has 0 unspecified atom stereocenters. The molecule has 0 radical (unpaired) electrons. The van der Waals surface area contributed by atoms with E-state index >= 15 is 0 Å². The van der Waals surface area contributed by atoms with Crippen LogP contribution in [0, 0.1) is 0 Å². The first-order valence-corrected chi connectivity index (χ1v) is 7.48. The van der Waals surface area contributed by atoms with Gasteiger partial charge in [0, 0.05) is 21.7 Å². The molecule has 0 fully saturated rings. The molecule has 0 aliphatic rings. The number of aliphatic hydroxyl groups excluding tert-OH is 1. The zero-order valence-corrected chi connectivity index (χ0v) is 13.4. The van der Waals surface area contributed by atoms with Crippen LogP contribution in [0.1, 0.15) is 17.3 Å². The van der Waals surface area contributed by atoms with Gasteiger partial charge >= 0.3 is 0 Å². The van der Waals surface area contributed by atoms with Crippen molar-refractivity contribution in [3.8, 4) is 0 Å². The molecule has 2 rings (SSSR count). The normalized spacial score (nSPS) is 12.4. The highest BCUT2D eigenvalue weighted by atomic mass is 79.9. The number of nitrogens with zero attached hydrogens (tertiary/aromatic N) is 1. The fourth-order valence-electron chi connectivity index (χ4n) is 1.77. The zero-order valence-electron chi connectivity index (χ0n) is 10.2. The number of aromatic nitrogens is 1. The molecule has 0 bridgehead atoms. The van der Waals surface area contributed by atoms with E-state index in [4.69, 9.17) is 0 Å². The van der Waals surface area contributed by atoms with Gasteiger partial charge in [0.15, 0.2) is 0 Å². The number of aliphatic hydroxyl groups is 1. The van der Waals surface area contributed by atoms with Crippen LogP contribution < -0.4 is 5.32 Å². The molecule has 0 saturated carbocycles. The van der Waals surface area contributed by atoms with Crippen molar-refractivity contribution >= 4 is 31.9 Å². The van der Waals surface area contributed by atoms with Gasteiger partial charge in [-0.15, -0.1) is 0 Å². The highest BCUT2D eigenvalue weighted by molar-refractivity contribution is 9.11. The molecular weight excluding hydrogens is 372 g/mol. The molecule has 19 heavy (non-hydrogen) atoms. The maximum atomic E-state index is 9.47. The number of halogens is 2. The lowest BCUT2D eigenvalue weighted by Gasteiger charge is -2.16. The minimum Gasteiger partial charge on any atom is -0.394 e. The van der Waals surface area contributed by atoms with Gasteiger partial charge in [-0.3, -0.25) is 4.98 Å². The van der Waals surface area contributed by atoms with Crippen LogP contribution in [0.4, 0.5) is 0 Å². The number of pyridine rings is 1. The van der Waals surface area contributed by atoms with Crippen molar-refractivity contribution in [2.45, 2.75) is 12.6 Å². The molecule has 2 aromatic rings. The third-order valence-electron chi connectivity index (χ3n) is 2.78. The zero-order chi connectivity index (χ0) is 13.7. The van der Waals surface area contributed by atoms with Crippen molar-refractivity contribution in [2.75, 3.05) is 6.61 Å². The molecule has 1 aromatic heterocycles. The Kier molecular flexibility index (Phi) is 5.51. The Morgan fingerprint density at radius 1 is 1.21 bits per heavy atom. The Labute approximate surface area is 129 Å². The molecule has 3 nitrogen and oxygen atoms in total. The molecule has 100 valence electrons. The van der Waals surface area contributed by atoms with Gasteiger partial charge in [-0.2, -0.15) is 0 Å². The summed E-state index contributed by atoms with van der Waals surface area (Å²) in [5.41, 5.74) is 1.98. The van der Waals surface area contributed by atoms with Crippen LogP contribution in [0.25, 0.3) is 0 Å². The second-order valence-electron chi connectivity index (χ2n) is 4.11. The highest BCUT2D eigenvalue weighted by Gasteiger charge is 2.10. The van der Waals surface area contributed by atoms with Crippen molar-refractivity contribution in [1.82, 2.24) is 10.3 Å². The molecule has 0 amide bonds. The Balaban J connectivity index is 2.04. The van der Waals surface area contributed by atoms with Gasteiger partial charge in [0.25, 0.3) is 0 Å². The van der Waals surface area contributed by atoms with E-state index in [-0.39, 0.29) is 12.6 Å². The summed E-state index contributed by atoms with van der Waals surface area (Å²) in [5.74, 6) is 0. The van der Waals surface area contributed by atoms with Crippen LogP contribution in [-0.2, 0) is 6.54 Å². The molecule has 5 heteroatoms. The standard InChI is InChI=1S/C14H14Br2N2O/c15-11-6-12(16)13(17-7-11)8-18-14(9-19)10-4-2-1-3-5-10/h1-7,14,18-19H,8-9H2/t14-/m0/s1. The molecule has 1 atom stereocenters. The summed E-state index contributed by atoms with van der Waals surface area (Å²) < 4.78 is 1.88. The lowest BCUT2D eigenvalue weighted by molar-refractivity contribution is 0.243.